The molecule has 0 unspecified atom stereocenters. The van der Waals surface area contributed by atoms with Gasteiger partial charge in [-0.2, -0.15) is 4.98 Å². The second-order valence-corrected chi connectivity index (χ2v) is 6.79. The Balaban J connectivity index is 1.62. The number of carbonyl (C=O) groups is 1. The Morgan fingerprint density at radius 2 is 2.12 bits per heavy atom. The largest absolute Gasteiger partial charge is 0.378 e. The first kappa shape index (κ1) is 17.6. The predicted octanol–water partition coefficient (Wildman–Crippen LogP) is 3.51. The Kier molecular flexibility index (Phi) is 5.81. The fourth-order valence-corrected chi connectivity index (χ4v) is 2.99. The summed E-state index contributed by atoms with van der Waals surface area (Å²) in [4.78, 5) is 16.8. The third kappa shape index (κ3) is 4.66. The van der Waals surface area contributed by atoms with Crippen LogP contribution in [0.4, 0.5) is 0 Å². The van der Waals surface area contributed by atoms with Crippen molar-refractivity contribution in [2.45, 2.75) is 51.7 Å². The number of carbonyl (C=O) groups excluding carboxylic acids is 1. The van der Waals surface area contributed by atoms with E-state index in [1.807, 2.05) is 44.2 Å². The average Bonchev–Trinajstić information content (AvgIpc) is 3.30. The van der Waals surface area contributed by atoms with Gasteiger partial charge >= 0.3 is 0 Å². The molecule has 2 atom stereocenters. The van der Waals surface area contributed by atoms with Crippen LogP contribution in [0.5, 0.6) is 0 Å². The van der Waals surface area contributed by atoms with Gasteiger partial charge in [-0.25, -0.2) is 0 Å². The molecule has 1 aliphatic rings. The van der Waals surface area contributed by atoms with Crippen molar-refractivity contribution in [2.24, 2.45) is 5.92 Å². The molecule has 1 aromatic carbocycles. The first-order chi connectivity index (χ1) is 12.1. The van der Waals surface area contributed by atoms with E-state index in [0.29, 0.717) is 18.1 Å². The fourth-order valence-electron chi connectivity index (χ4n) is 2.99. The maximum absolute atomic E-state index is 12.3. The lowest BCUT2D eigenvalue weighted by Gasteiger charge is -2.19. The molecule has 0 aliphatic carbocycles. The van der Waals surface area contributed by atoms with E-state index in [0.717, 1.165) is 31.4 Å². The summed E-state index contributed by atoms with van der Waals surface area (Å²) in [6.45, 7) is 4.86. The van der Waals surface area contributed by atoms with Gasteiger partial charge in [-0.05, 0) is 25.2 Å². The summed E-state index contributed by atoms with van der Waals surface area (Å²) >= 11 is 0. The van der Waals surface area contributed by atoms with Crippen LogP contribution in [0.3, 0.4) is 0 Å². The number of nitrogens with zero attached hydrogens (tertiary/aromatic N) is 2. The number of aromatic nitrogens is 2. The number of nitrogens with one attached hydrogen (secondary N) is 1. The molecule has 1 N–H and O–H groups in total. The highest BCUT2D eigenvalue weighted by atomic mass is 16.5. The third-order valence-corrected chi connectivity index (χ3v) is 4.44. The molecule has 1 fully saturated rings. The van der Waals surface area contributed by atoms with Gasteiger partial charge in [0.1, 0.15) is 6.04 Å². The minimum Gasteiger partial charge on any atom is -0.378 e. The summed E-state index contributed by atoms with van der Waals surface area (Å²) in [5.41, 5.74) is 0.893. The van der Waals surface area contributed by atoms with Crippen LogP contribution in [-0.2, 0) is 9.53 Å². The summed E-state index contributed by atoms with van der Waals surface area (Å²) in [6.07, 6.45) is 3.57. The molecule has 0 radical (unpaired) electrons. The van der Waals surface area contributed by atoms with Gasteiger partial charge < -0.3 is 14.6 Å². The van der Waals surface area contributed by atoms with Gasteiger partial charge in [0.25, 0.3) is 0 Å². The van der Waals surface area contributed by atoms with E-state index in [-0.39, 0.29) is 24.0 Å². The lowest BCUT2D eigenvalue weighted by atomic mass is 10.0. The first-order valence-electron chi connectivity index (χ1n) is 8.93. The van der Waals surface area contributed by atoms with E-state index in [1.54, 1.807) is 0 Å². The fraction of sp³-hybridized carbons (Fsp3) is 0.526. The summed E-state index contributed by atoms with van der Waals surface area (Å²) in [5, 5.41) is 7.08. The molecule has 1 saturated heterocycles. The van der Waals surface area contributed by atoms with Gasteiger partial charge in [0.2, 0.25) is 17.6 Å². The highest BCUT2D eigenvalue weighted by Gasteiger charge is 2.25. The van der Waals surface area contributed by atoms with Crippen molar-refractivity contribution < 1.29 is 14.1 Å². The standard InChI is InChI=1S/C19H25N3O3/c1-13(2)17(20-16(23)11-10-15-9-6-12-24-15)19-21-18(22-25-19)14-7-4-3-5-8-14/h3-5,7-8,13,15,17H,6,9-12H2,1-2H3,(H,20,23)/t15-,17+/m0/s1. The zero-order valence-corrected chi connectivity index (χ0v) is 14.8. The number of rotatable bonds is 7. The van der Waals surface area contributed by atoms with E-state index in [4.69, 9.17) is 9.26 Å². The van der Waals surface area contributed by atoms with Gasteiger partial charge in [-0.15, -0.1) is 0 Å². The Morgan fingerprint density at radius 1 is 1.32 bits per heavy atom. The van der Waals surface area contributed by atoms with Crippen LogP contribution in [0.25, 0.3) is 11.4 Å². The zero-order valence-electron chi connectivity index (χ0n) is 14.8. The van der Waals surface area contributed by atoms with Crippen LogP contribution in [0.1, 0.15) is 51.5 Å². The van der Waals surface area contributed by atoms with Crippen molar-refractivity contribution in [2.75, 3.05) is 6.61 Å². The number of ether oxygens (including phenoxy) is 1. The molecular weight excluding hydrogens is 318 g/mol. The molecule has 6 heteroatoms. The van der Waals surface area contributed by atoms with E-state index in [2.05, 4.69) is 15.5 Å². The number of amides is 1. The van der Waals surface area contributed by atoms with Crippen molar-refractivity contribution in [3.8, 4) is 11.4 Å². The highest BCUT2D eigenvalue weighted by Crippen LogP contribution is 2.24. The summed E-state index contributed by atoms with van der Waals surface area (Å²) in [7, 11) is 0. The molecule has 1 aliphatic heterocycles. The van der Waals surface area contributed by atoms with E-state index < -0.39 is 0 Å². The zero-order chi connectivity index (χ0) is 17.6. The Morgan fingerprint density at radius 3 is 2.80 bits per heavy atom. The van der Waals surface area contributed by atoms with Crippen LogP contribution < -0.4 is 5.32 Å². The topological polar surface area (TPSA) is 77.2 Å². The minimum absolute atomic E-state index is 0.00587. The van der Waals surface area contributed by atoms with Crippen molar-refractivity contribution in [1.82, 2.24) is 15.5 Å². The second kappa shape index (κ2) is 8.25. The molecule has 3 rings (SSSR count). The third-order valence-electron chi connectivity index (χ3n) is 4.44. The van der Waals surface area contributed by atoms with Crippen LogP contribution in [-0.4, -0.2) is 28.8 Å². The Hall–Kier alpha value is -2.21. The molecule has 2 aromatic rings. The van der Waals surface area contributed by atoms with Crippen LogP contribution in [0.2, 0.25) is 0 Å². The monoisotopic (exact) mass is 343 g/mol. The SMILES string of the molecule is CC(C)[C@@H](NC(=O)CC[C@@H]1CCCO1)c1nc(-c2ccccc2)no1. The van der Waals surface area contributed by atoms with Crippen molar-refractivity contribution >= 4 is 5.91 Å². The molecule has 0 spiro atoms. The molecule has 1 aromatic heterocycles. The van der Waals surface area contributed by atoms with E-state index >= 15 is 0 Å². The number of hydrogen-bond acceptors (Lipinski definition) is 5. The Labute approximate surface area is 148 Å². The first-order valence-corrected chi connectivity index (χ1v) is 8.93. The predicted molar refractivity (Wildman–Crippen MR) is 93.7 cm³/mol. The van der Waals surface area contributed by atoms with Crippen LogP contribution in [0, 0.1) is 5.92 Å². The molecule has 134 valence electrons. The van der Waals surface area contributed by atoms with Gasteiger partial charge in [0, 0.05) is 18.6 Å². The van der Waals surface area contributed by atoms with Crippen molar-refractivity contribution in [3.63, 3.8) is 0 Å². The average molecular weight is 343 g/mol. The molecular formula is C19H25N3O3. The molecule has 2 heterocycles. The maximum Gasteiger partial charge on any atom is 0.249 e. The Bertz CT molecular complexity index is 678. The van der Waals surface area contributed by atoms with E-state index in [9.17, 15) is 4.79 Å². The quantitative estimate of drug-likeness (QED) is 0.832. The summed E-state index contributed by atoms with van der Waals surface area (Å²) in [5.74, 6) is 1.12. The molecule has 0 bridgehead atoms. The normalized spacial score (nSPS) is 18.4. The maximum atomic E-state index is 12.3. The van der Waals surface area contributed by atoms with Crippen molar-refractivity contribution in [3.05, 3.63) is 36.2 Å². The van der Waals surface area contributed by atoms with Crippen molar-refractivity contribution in [1.29, 1.82) is 0 Å². The van der Waals surface area contributed by atoms with Gasteiger partial charge in [-0.3, -0.25) is 4.79 Å². The second-order valence-electron chi connectivity index (χ2n) is 6.79. The number of hydrogen-bond donors (Lipinski definition) is 1. The lowest BCUT2D eigenvalue weighted by molar-refractivity contribution is -0.123. The summed E-state index contributed by atoms with van der Waals surface area (Å²) in [6, 6.07) is 9.37. The smallest absolute Gasteiger partial charge is 0.249 e. The minimum atomic E-state index is -0.290. The highest BCUT2D eigenvalue weighted by molar-refractivity contribution is 5.76. The van der Waals surface area contributed by atoms with E-state index in [1.165, 1.54) is 0 Å². The van der Waals surface area contributed by atoms with Crippen LogP contribution >= 0.6 is 0 Å². The van der Waals surface area contributed by atoms with Gasteiger partial charge in [0.15, 0.2) is 0 Å². The summed E-state index contributed by atoms with van der Waals surface area (Å²) < 4.78 is 11.0. The van der Waals surface area contributed by atoms with Crippen LogP contribution in [0.15, 0.2) is 34.9 Å². The molecule has 0 saturated carbocycles. The van der Waals surface area contributed by atoms with Gasteiger partial charge in [-0.1, -0.05) is 49.3 Å². The molecule has 25 heavy (non-hydrogen) atoms. The lowest BCUT2D eigenvalue weighted by Crippen LogP contribution is -2.32. The van der Waals surface area contributed by atoms with Gasteiger partial charge in [0.05, 0.1) is 6.10 Å². The molecule has 1 amide bonds. The number of benzene rings is 1. The molecule has 6 nitrogen and oxygen atoms in total.